The summed E-state index contributed by atoms with van der Waals surface area (Å²) in [7, 11) is 1.34. The molecule has 0 spiro atoms. The summed E-state index contributed by atoms with van der Waals surface area (Å²) in [6.07, 6.45) is 1.50. The Labute approximate surface area is 92.3 Å². The molecule has 1 aromatic carbocycles. The molecular weight excluding hydrogens is 212 g/mol. The number of hydrazone groups is 1. The molecular formula is C10H12N2O4. The highest BCUT2D eigenvalue weighted by molar-refractivity contribution is 5.90. The first kappa shape index (κ1) is 13.6. The molecule has 0 heterocycles. The SMILES string of the molecule is COC(=O)c1ccc(/C=N/N)cc1.O=CO. The number of hydrogen-bond acceptors (Lipinski definition) is 5. The van der Waals surface area contributed by atoms with E-state index in [2.05, 4.69) is 9.84 Å². The zero-order chi connectivity index (χ0) is 12.4. The minimum absolute atomic E-state index is 0.250. The smallest absolute Gasteiger partial charge is 0.337 e. The maximum absolute atomic E-state index is 11.0. The number of carboxylic acid groups (broad SMARTS) is 1. The third kappa shape index (κ3) is 4.75. The summed E-state index contributed by atoms with van der Waals surface area (Å²) < 4.78 is 4.54. The van der Waals surface area contributed by atoms with Crippen molar-refractivity contribution in [1.82, 2.24) is 0 Å². The number of benzene rings is 1. The molecule has 86 valence electrons. The lowest BCUT2D eigenvalue weighted by Gasteiger charge is -1.98. The van der Waals surface area contributed by atoms with Gasteiger partial charge in [0.05, 0.1) is 18.9 Å². The first-order chi connectivity index (χ1) is 7.69. The molecule has 1 aromatic rings. The van der Waals surface area contributed by atoms with Crippen LogP contribution in [0.5, 0.6) is 0 Å². The number of nitrogens with two attached hydrogens (primary N) is 1. The van der Waals surface area contributed by atoms with Gasteiger partial charge in [0.1, 0.15) is 0 Å². The number of rotatable bonds is 2. The van der Waals surface area contributed by atoms with Crippen LogP contribution in [0.2, 0.25) is 0 Å². The van der Waals surface area contributed by atoms with Gasteiger partial charge in [0.25, 0.3) is 6.47 Å². The molecule has 0 aliphatic heterocycles. The minimum atomic E-state index is -0.351. The van der Waals surface area contributed by atoms with E-state index in [0.29, 0.717) is 5.56 Å². The van der Waals surface area contributed by atoms with E-state index in [4.69, 9.17) is 15.7 Å². The average molecular weight is 224 g/mol. The predicted molar refractivity (Wildman–Crippen MR) is 58.3 cm³/mol. The Morgan fingerprint density at radius 2 is 1.94 bits per heavy atom. The molecule has 0 atom stereocenters. The van der Waals surface area contributed by atoms with Crippen molar-refractivity contribution in [2.24, 2.45) is 10.9 Å². The third-order valence-corrected chi connectivity index (χ3v) is 1.56. The fourth-order valence-electron chi connectivity index (χ4n) is 0.909. The van der Waals surface area contributed by atoms with Gasteiger partial charge in [-0.05, 0) is 17.7 Å². The first-order valence-electron chi connectivity index (χ1n) is 4.19. The molecule has 0 unspecified atom stereocenters. The normalized spacial score (nSPS) is 9.06. The highest BCUT2D eigenvalue weighted by Crippen LogP contribution is 2.03. The molecule has 0 radical (unpaired) electrons. The molecule has 0 amide bonds. The Morgan fingerprint density at radius 3 is 2.31 bits per heavy atom. The first-order valence-corrected chi connectivity index (χ1v) is 4.19. The summed E-state index contributed by atoms with van der Waals surface area (Å²) in [5.74, 6) is 4.61. The Morgan fingerprint density at radius 1 is 1.44 bits per heavy atom. The number of hydrogen-bond donors (Lipinski definition) is 2. The van der Waals surface area contributed by atoms with Crippen molar-refractivity contribution >= 4 is 18.7 Å². The van der Waals surface area contributed by atoms with Crippen molar-refractivity contribution in [3.05, 3.63) is 35.4 Å². The van der Waals surface area contributed by atoms with Crippen LogP contribution in [-0.4, -0.2) is 30.9 Å². The summed E-state index contributed by atoms with van der Waals surface area (Å²) in [6, 6.07) is 6.79. The molecule has 0 aliphatic carbocycles. The van der Waals surface area contributed by atoms with Gasteiger partial charge in [-0.1, -0.05) is 12.1 Å². The van der Waals surface area contributed by atoms with Gasteiger partial charge in [-0.25, -0.2) is 4.79 Å². The summed E-state index contributed by atoms with van der Waals surface area (Å²) in [4.78, 5) is 19.4. The molecule has 0 saturated carbocycles. The predicted octanol–water partition coefficient (Wildman–Crippen LogP) is 0.467. The van der Waals surface area contributed by atoms with Crippen LogP contribution in [0.3, 0.4) is 0 Å². The summed E-state index contributed by atoms with van der Waals surface area (Å²) in [6.45, 7) is -0.250. The lowest BCUT2D eigenvalue weighted by molar-refractivity contribution is -0.122. The van der Waals surface area contributed by atoms with Crippen molar-refractivity contribution < 1.29 is 19.4 Å². The fraction of sp³-hybridized carbons (Fsp3) is 0.100. The standard InChI is InChI=1S/C9H10N2O2.CH2O2/c1-13-9(12)8-4-2-7(3-5-8)6-11-10;2-1-3/h2-6H,10H2,1H3;1H,(H,2,3)/b11-6+;. The summed E-state index contributed by atoms with van der Waals surface area (Å²) in [5.41, 5.74) is 1.35. The molecule has 0 aromatic heterocycles. The zero-order valence-electron chi connectivity index (χ0n) is 8.66. The molecule has 0 fully saturated rings. The number of nitrogens with zero attached hydrogens (tertiary/aromatic N) is 1. The van der Waals surface area contributed by atoms with Crippen molar-refractivity contribution in [2.75, 3.05) is 7.11 Å². The Balaban J connectivity index is 0.000000673. The quantitative estimate of drug-likeness (QED) is 0.250. The van der Waals surface area contributed by atoms with Gasteiger partial charge in [-0.15, -0.1) is 0 Å². The molecule has 0 saturated heterocycles. The van der Waals surface area contributed by atoms with Crippen LogP contribution >= 0.6 is 0 Å². The summed E-state index contributed by atoms with van der Waals surface area (Å²) >= 11 is 0. The Hall–Kier alpha value is -2.37. The Bertz CT molecular complexity index is 360. The number of ether oxygens (including phenoxy) is 1. The second-order valence-corrected chi connectivity index (χ2v) is 2.50. The molecule has 0 bridgehead atoms. The molecule has 6 heteroatoms. The van der Waals surface area contributed by atoms with E-state index in [9.17, 15) is 4.79 Å². The van der Waals surface area contributed by atoms with E-state index in [1.807, 2.05) is 0 Å². The molecule has 16 heavy (non-hydrogen) atoms. The number of esters is 1. The van der Waals surface area contributed by atoms with E-state index in [0.717, 1.165) is 5.56 Å². The summed E-state index contributed by atoms with van der Waals surface area (Å²) in [5, 5.41) is 10.2. The Kier molecular flexibility index (Phi) is 6.80. The highest BCUT2D eigenvalue weighted by atomic mass is 16.5. The molecule has 1 rings (SSSR count). The van der Waals surface area contributed by atoms with E-state index in [-0.39, 0.29) is 12.4 Å². The lowest BCUT2D eigenvalue weighted by atomic mass is 10.1. The molecule has 6 nitrogen and oxygen atoms in total. The minimum Gasteiger partial charge on any atom is -0.483 e. The van der Waals surface area contributed by atoms with Crippen LogP contribution in [0.1, 0.15) is 15.9 Å². The van der Waals surface area contributed by atoms with E-state index in [1.165, 1.54) is 13.3 Å². The maximum atomic E-state index is 11.0. The second-order valence-electron chi connectivity index (χ2n) is 2.50. The van der Waals surface area contributed by atoms with Crippen LogP contribution in [0.25, 0.3) is 0 Å². The van der Waals surface area contributed by atoms with Crippen LogP contribution in [-0.2, 0) is 9.53 Å². The van der Waals surface area contributed by atoms with E-state index < -0.39 is 0 Å². The zero-order valence-corrected chi connectivity index (χ0v) is 8.66. The fourth-order valence-corrected chi connectivity index (χ4v) is 0.909. The van der Waals surface area contributed by atoms with Crippen LogP contribution in [0.15, 0.2) is 29.4 Å². The van der Waals surface area contributed by atoms with Crippen LogP contribution < -0.4 is 5.84 Å². The van der Waals surface area contributed by atoms with Gasteiger partial charge in [0, 0.05) is 0 Å². The van der Waals surface area contributed by atoms with Crippen molar-refractivity contribution in [1.29, 1.82) is 0 Å². The molecule has 3 N–H and O–H groups in total. The number of carbonyl (C=O) groups is 2. The van der Waals surface area contributed by atoms with Gasteiger partial charge in [-0.3, -0.25) is 4.79 Å². The maximum Gasteiger partial charge on any atom is 0.337 e. The van der Waals surface area contributed by atoms with Gasteiger partial charge < -0.3 is 15.7 Å². The average Bonchev–Trinajstić information content (AvgIpc) is 2.30. The monoisotopic (exact) mass is 224 g/mol. The van der Waals surface area contributed by atoms with Gasteiger partial charge in [-0.2, -0.15) is 5.10 Å². The van der Waals surface area contributed by atoms with E-state index >= 15 is 0 Å². The second kappa shape index (κ2) is 7.98. The van der Waals surface area contributed by atoms with Crippen molar-refractivity contribution in [3.63, 3.8) is 0 Å². The van der Waals surface area contributed by atoms with Crippen molar-refractivity contribution in [3.8, 4) is 0 Å². The van der Waals surface area contributed by atoms with Crippen molar-refractivity contribution in [2.45, 2.75) is 0 Å². The van der Waals surface area contributed by atoms with Gasteiger partial charge in [0.2, 0.25) is 0 Å². The number of carbonyl (C=O) groups excluding carboxylic acids is 1. The van der Waals surface area contributed by atoms with E-state index in [1.54, 1.807) is 24.3 Å². The third-order valence-electron chi connectivity index (χ3n) is 1.56. The topological polar surface area (TPSA) is 102 Å². The van der Waals surface area contributed by atoms with Crippen LogP contribution in [0, 0.1) is 0 Å². The molecule has 0 aliphatic rings. The number of methoxy groups -OCH3 is 1. The largest absolute Gasteiger partial charge is 0.483 e. The van der Waals surface area contributed by atoms with Crippen LogP contribution in [0.4, 0.5) is 0 Å². The lowest BCUT2D eigenvalue weighted by Crippen LogP contribution is -2.00. The van der Waals surface area contributed by atoms with Gasteiger partial charge >= 0.3 is 5.97 Å². The van der Waals surface area contributed by atoms with Gasteiger partial charge in [0.15, 0.2) is 0 Å². The highest BCUT2D eigenvalue weighted by Gasteiger charge is 2.02.